The minimum Gasteiger partial charge on any atom is -0.362 e. The van der Waals surface area contributed by atoms with Crippen molar-refractivity contribution in [1.82, 2.24) is 35.2 Å². The van der Waals surface area contributed by atoms with Gasteiger partial charge in [-0.1, -0.05) is 17.4 Å². The van der Waals surface area contributed by atoms with Crippen LogP contribution in [0.4, 0.5) is 10.2 Å². The van der Waals surface area contributed by atoms with E-state index in [-0.39, 0.29) is 18.4 Å². The van der Waals surface area contributed by atoms with E-state index in [1.807, 2.05) is 6.07 Å². The normalized spacial score (nSPS) is 12.4. The molecule has 3 N–H and O–H groups in total. The van der Waals surface area contributed by atoms with Gasteiger partial charge in [-0.2, -0.15) is 0 Å². The molecule has 34 heavy (non-hydrogen) atoms. The highest BCUT2D eigenvalue weighted by Gasteiger charge is 2.14. The number of nitrogens with zero attached hydrogens (tertiary/aromatic N) is 5. The molecule has 1 aromatic carbocycles. The molecule has 0 fully saturated rings. The lowest BCUT2D eigenvalue weighted by Crippen LogP contribution is -2.30. The van der Waals surface area contributed by atoms with E-state index in [2.05, 4.69) is 61.5 Å². The first kappa shape index (κ1) is 22.3. The molecule has 4 heterocycles. The largest absolute Gasteiger partial charge is 0.362 e. The molecule has 1 atom stereocenters. The zero-order valence-corrected chi connectivity index (χ0v) is 19.8. The first-order valence-electron chi connectivity index (χ1n) is 11.2. The number of aromatic nitrogens is 6. The summed E-state index contributed by atoms with van der Waals surface area (Å²) in [5.74, 6) is 1.21. The Bertz CT molecular complexity index is 1430. The monoisotopic (exact) mass is 476 g/mol. The third-order valence-corrected chi connectivity index (χ3v) is 6.51. The maximum Gasteiger partial charge on any atom is 0.157 e. The van der Waals surface area contributed by atoms with E-state index in [0.717, 1.165) is 46.1 Å². The van der Waals surface area contributed by atoms with Gasteiger partial charge in [0.15, 0.2) is 5.82 Å². The van der Waals surface area contributed by atoms with Crippen LogP contribution in [-0.4, -0.2) is 42.5 Å². The molecule has 0 bridgehead atoms. The summed E-state index contributed by atoms with van der Waals surface area (Å²) in [5.41, 5.74) is 4.33. The van der Waals surface area contributed by atoms with Gasteiger partial charge in [-0.15, -0.1) is 0 Å². The Balaban J connectivity index is 1.18. The number of benzene rings is 1. The topological polar surface area (TPSA) is 104 Å². The number of fused-ring (bicyclic) bond motifs is 2. The lowest BCUT2D eigenvalue weighted by molar-refractivity contribution is 0.544. The van der Waals surface area contributed by atoms with Crippen LogP contribution in [0, 0.1) is 12.7 Å². The summed E-state index contributed by atoms with van der Waals surface area (Å²) in [6.07, 6.45) is 4.66. The van der Waals surface area contributed by atoms with Gasteiger partial charge in [0, 0.05) is 31.6 Å². The highest BCUT2D eigenvalue weighted by molar-refractivity contribution is 7.18. The van der Waals surface area contributed by atoms with E-state index in [4.69, 9.17) is 4.98 Å². The average molecular weight is 477 g/mol. The summed E-state index contributed by atoms with van der Waals surface area (Å²) in [7, 11) is 0. The molecule has 10 heteroatoms. The van der Waals surface area contributed by atoms with E-state index in [1.54, 1.807) is 23.6 Å². The highest BCUT2D eigenvalue weighted by Crippen LogP contribution is 2.25. The molecule has 0 unspecified atom stereocenters. The molecule has 0 aliphatic heterocycles. The lowest BCUT2D eigenvalue weighted by atomic mass is 10.2. The first-order chi connectivity index (χ1) is 16.5. The van der Waals surface area contributed by atoms with Crippen LogP contribution in [0.2, 0.25) is 0 Å². The number of anilines is 1. The van der Waals surface area contributed by atoms with Crippen molar-refractivity contribution in [2.45, 2.75) is 39.3 Å². The molecule has 4 aromatic heterocycles. The molecule has 8 nitrogen and oxygen atoms in total. The number of H-pyrrole nitrogens is 1. The molecule has 0 saturated carbocycles. The Morgan fingerprint density at radius 2 is 2.06 bits per heavy atom. The minimum atomic E-state index is -0.350. The number of aromatic amines is 1. The van der Waals surface area contributed by atoms with Gasteiger partial charge in [0.2, 0.25) is 0 Å². The Morgan fingerprint density at radius 1 is 1.15 bits per heavy atom. The van der Waals surface area contributed by atoms with Gasteiger partial charge in [-0.25, -0.2) is 24.3 Å². The molecule has 0 radical (unpaired) electrons. The second kappa shape index (κ2) is 9.78. The number of hydrogen-bond donors (Lipinski definition) is 3. The van der Waals surface area contributed by atoms with Crippen molar-refractivity contribution in [3.05, 3.63) is 70.8 Å². The van der Waals surface area contributed by atoms with Crippen LogP contribution in [0.25, 0.3) is 21.4 Å². The van der Waals surface area contributed by atoms with Crippen molar-refractivity contribution in [3.63, 3.8) is 0 Å². The van der Waals surface area contributed by atoms with Gasteiger partial charge in [-0.05, 0) is 43.7 Å². The molecular weight excluding hydrogens is 451 g/mol. The summed E-state index contributed by atoms with van der Waals surface area (Å²) in [4.78, 5) is 26.3. The number of rotatable bonds is 9. The number of halogens is 1. The van der Waals surface area contributed by atoms with Gasteiger partial charge in [-0.3, -0.25) is 4.98 Å². The van der Waals surface area contributed by atoms with Crippen LogP contribution >= 0.6 is 11.3 Å². The van der Waals surface area contributed by atoms with E-state index < -0.39 is 0 Å². The van der Waals surface area contributed by atoms with Crippen molar-refractivity contribution in [2.75, 3.05) is 11.9 Å². The minimum absolute atomic E-state index is 0.227. The number of imidazole rings is 1. The number of hydrogen-bond acceptors (Lipinski definition) is 8. The fraction of sp³-hybridized carbons (Fsp3) is 0.292. The fourth-order valence-corrected chi connectivity index (χ4v) is 4.83. The molecule has 174 valence electrons. The van der Waals surface area contributed by atoms with Crippen LogP contribution in [0.15, 0.2) is 42.9 Å². The molecule has 0 aliphatic rings. The lowest BCUT2D eigenvalue weighted by Gasteiger charge is -2.11. The predicted molar refractivity (Wildman–Crippen MR) is 132 cm³/mol. The van der Waals surface area contributed by atoms with Crippen molar-refractivity contribution < 1.29 is 4.39 Å². The molecule has 0 amide bonds. The van der Waals surface area contributed by atoms with Crippen molar-refractivity contribution >= 4 is 38.5 Å². The third-order valence-electron chi connectivity index (χ3n) is 5.52. The van der Waals surface area contributed by atoms with Crippen LogP contribution < -0.4 is 10.6 Å². The van der Waals surface area contributed by atoms with E-state index in [1.165, 1.54) is 18.0 Å². The Morgan fingerprint density at radius 3 is 2.94 bits per heavy atom. The van der Waals surface area contributed by atoms with Gasteiger partial charge in [0.1, 0.15) is 28.3 Å². The second-order valence-electron chi connectivity index (χ2n) is 8.28. The zero-order valence-electron chi connectivity index (χ0n) is 19.0. The van der Waals surface area contributed by atoms with Crippen molar-refractivity contribution in [3.8, 4) is 0 Å². The third kappa shape index (κ3) is 5.02. The Hall–Kier alpha value is -3.50. The van der Waals surface area contributed by atoms with Crippen LogP contribution in [0.5, 0.6) is 0 Å². The molecule has 0 spiro atoms. The highest BCUT2D eigenvalue weighted by atomic mass is 32.1. The predicted octanol–water partition coefficient (Wildman–Crippen LogP) is 4.18. The van der Waals surface area contributed by atoms with Crippen LogP contribution in [-0.2, 0) is 19.4 Å². The Labute approximate surface area is 200 Å². The van der Waals surface area contributed by atoms with Crippen LogP contribution in [0.1, 0.15) is 29.0 Å². The number of pyridine rings is 1. The molecule has 5 aromatic rings. The summed E-state index contributed by atoms with van der Waals surface area (Å²) in [6, 6.07) is 9.44. The number of thiazole rings is 1. The average Bonchev–Trinajstić information content (AvgIpc) is 3.41. The molecular formula is C24H25FN8S. The number of aryl methyl sites for hydroxylation is 1. The van der Waals surface area contributed by atoms with Gasteiger partial charge >= 0.3 is 0 Å². The molecule has 5 rings (SSSR count). The van der Waals surface area contributed by atoms with E-state index >= 15 is 0 Å². The van der Waals surface area contributed by atoms with Gasteiger partial charge < -0.3 is 15.6 Å². The summed E-state index contributed by atoms with van der Waals surface area (Å²) < 4.78 is 13.9. The summed E-state index contributed by atoms with van der Waals surface area (Å²) >= 11 is 1.55. The smallest absolute Gasteiger partial charge is 0.157 e. The summed E-state index contributed by atoms with van der Waals surface area (Å²) in [6.45, 7) is 5.26. The maximum atomic E-state index is 13.9. The van der Waals surface area contributed by atoms with E-state index in [0.29, 0.717) is 17.0 Å². The molecule has 0 aliphatic carbocycles. The van der Waals surface area contributed by atoms with Gasteiger partial charge in [0.25, 0.3) is 0 Å². The Kier molecular flexibility index (Phi) is 6.41. The SMILES string of the molecule is Cc1ccc2nc(CCN[C@@H](C)Cc3nc4c(NCc5ncccc5F)ncnc4s3)[nH]c2c1. The standard InChI is InChI=1S/C24H25FN8S/c1-14-5-6-17-18(10-14)32-20(31-17)7-9-26-15(2)11-21-33-22-23(29-13-30-24(22)34-21)28-12-19-16(25)4-3-8-27-19/h3-6,8,10,13,15,26H,7,9,11-12H2,1-2H3,(H,31,32)(H,28,29,30)/t15-/m0/s1. The van der Waals surface area contributed by atoms with Gasteiger partial charge in [0.05, 0.1) is 28.3 Å². The maximum absolute atomic E-state index is 13.9. The quantitative estimate of drug-likeness (QED) is 0.293. The second-order valence-corrected chi connectivity index (χ2v) is 9.34. The van der Waals surface area contributed by atoms with Crippen molar-refractivity contribution in [1.29, 1.82) is 0 Å². The fourth-order valence-electron chi connectivity index (χ4n) is 3.80. The van der Waals surface area contributed by atoms with Crippen molar-refractivity contribution in [2.24, 2.45) is 0 Å². The molecule has 0 saturated heterocycles. The zero-order chi connectivity index (χ0) is 23.5. The van der Waals surface area contributed by atoms with Crippen LogP contribution in [0.3, 0.4) is 0 Å². The van der Waals surface area contributed by atoms with E-state index in [9.17, 15) is 4.39 Å². The summed E-state index contributed by atoms with van der Waals surface area (Å²) in [5, 5.41) is 7.67. The first-order valence-corrected chi connectivity index (χ1v) is 12.0. The number of nitrogens with one attached hydrogen (secondary N) is 3.